The number of rotatable bonds is 5. The van der Waals surface area contributed by atoms with E-state index in [2.05, 4.69) is 5.32 Å². The van der Waals surface area contributed by atoms with Gasteiger partial charge in [-0.3, -0.25) is 9.59 Å². The highest BCUT2D eigenvalue weighted by atomic mass is 35.5. The second-order valence-corrected chi connectivity index (χ2v) is 5.25. The second kappa shape index (κ2) is 7.25. The quantitative estimate of drug-likeness (QED) is 0.818. The summed E-state index contributed by atoms with van der Waals surface area (Å²) in [5.41, 5.74) is 0.971. The number of Topliss-reactive ketones (excluding diaryl/α,β-unsaturated/α-hetero) is 1. The van der Waals surface area contributed by atoms with E-state index < -0.39 is 0 Å². The van der Waals surface area contributed by atoms with E-state index in [4.69, 9.17) is 23.2 Å². The molecule has 2 rings (SSSR count). The van der Waals surface area contributed by atoms with Gasteiger partial charge in [-0.2, -0.15) is 0 Å². The molecule has 5 heteroatoms. The molecule has 3 nitrogen and oxygen atoms in total. The van der Waals surface area contributed by atoms with Crippen molar-refractivity contribution in [1.29, 1.82) is 0 Å². The molecule has 0 atom stereocenters. The van der Waals surface area contributed by atoms with Gasteiger partial charge in [0.1, 0.15) is 0 Å². The minimum absolute atomic E-state index is 0.0731. The molecular weight excluding hydrogens is 309 g/mol. The van der Waals surface area contributed by atoms with Gasteiger partial charge in [0.15, 0.2) is 5.78 Å². The maximum absolute atomic E-state index is 11.9. The molecule has 0 aliphatic heterocycles. The predicted octanol–water partition coefficient (Wildman–Crippen LogP) is 4.60. The summed E-state index contributed by atoms with van der Waals surface area (Å²) in [4.78, 5) is 23.8. The number of para-hydroxylation sites is 1. The fourth-order valence-electron chi connectivity index (χ4n) is 1.81. The first kappa shape index (κ1) is 15.5. The number of ketones is 1. The van der Waals surface area contributed by atoms with Crippen LogP contribution in [-0.2, 0) is 4.79 Å². The van der Waals surface area contributed by atoms with Gasteiger partial charge in [-0.05, 0) is 12.1 Å². The minimum atomic E-state index is -0.297. The molecule has 0 saturated carbocycles. The standard InChI is InChI=1S/C16H13Cl2NO2/c17-12-7-4-8-13(18)16(12)19-15(21)10-9-14(20)11-5-2-1-3-6-11/h1-8H,9-10H2,(H,19,21). The average molecular weight is 322 g/mol. The number of carbonyl (C=O) groups excluding carboxylic acids is 2. The largest absolute Gasteiger partial charge is 0.324 e. The highest BCUT2D eigenvalue weighted by molar-refractivity contribution is 6.39. The molecule has 0 spiro atoms. The number of amides is 1. The lowest BCUT2D eigenvalue weighted by Gasteiger charge is -2.08. The van der Waals surface area contributed by atoms with Gasteiger partial charge in [0, 0.05) is 18.4 Å². The predicted molar refractivity (Wildman–Crippen MR) is 85.1 cm³/mol. The van der Waals surface area contributed by atoms with Crippen molar-refractivity contribution >= 4 is 40.6 Å². The molecule has 21 heavy (non-hydrogen) atoms. The number of halogens is 2. The first-order valence-corrected chi connectivity index (χ1v) is 7.15. The third-order valence-corrected chi connectivity index (χ3v) is 3.53. The van der Waals surface area contributed by atoms with Crippen molar-refractivity contribution in [3.63, 3.8) is 0 Å². The zero-order valence-electron chi connectivity index (χ0n) is 11.1. The van der Waals surface area contributed by atoms with Crippen LogP contribution in [-0.4, -0.2) is 11.7 Å². The Kier molecular flexibility index (Phi) is 5.37. The number of anilines is 1. The molecule has 2 aromatic carbocycles. The van der Waals surface area contributed by atoms with Crippen LogP contribution in [0.15, 0.2) is 48.5 Å². The SMILES string of the molecule is O=C(CCC(=O)c1ccccc1)Nc1c(Cl)cccc1Cl. The number of benzene rings is 2. The molecule has 0 bridgehead atoms. The Bertz CT molecular complexity index is 636. The van der Waals surface area contributed by atoms with E-state index in [0.717, 1.165) is 0 Å². The fourth-order valence-corrected chi connectivity index (χ4v) is 2.31. The summed E-state index contributed by atoms with van der Waals surface area (Å²) in [5.74, 6) is -0.370. The Morgan fingerprint density at radius 2 is 1.48 bits per heavy atom. The summed E-state index contributed by atoms with van der Waals surface area (Å²) in [6, 6.07) is 13.8. The molecule has 0 aromatic heterocycles. The minimum Gasteiger partial charge on any atom is -0.324 e. The van der Waals surface area contributed by atoms with Crippen LogP contribution in [0, 0.1) is 0 Å². The summed E-state index contributed by atoms with van der Waals surface area (Å²) in [7, 11) is 0. The molecule has 0 heterocycles. The van der Waals surface area contributed by atoms with Gasteiger partial charge >= 0.3 is 0 Å². The molecule has 1 N–H and O–H groups in total. The summed E-state index contributed by atoms with van der Waals surface area (Å²) in [6.07, 6.45) is 0.215. The van der Waals surface area contributed by atoms with Crippen molar-refractivity contribution < 1.29 is 9.59 Å². The molecule has 0 fully saturated rings. The van der Waals surface area contributed by atoms with E-state index in [-0.39, 0.29) is 24.5 Å². The zero-order valence-corrected chi connectivity index (χ0v) is 12.6. The number of carbonyl (C=O) groups is 2. The van der Waals surface area contributed by atoms with Crippen molar-refractivity contribution in [3.8, 4) is 0 Å². The average Bonchev–Trinajstić information content (AvgIpc) is 2.49. The molecule has 0 radical (unpaired) electrons. The van der Waals surface area contributed by atoms with Crippen molar-refractivity contribution in [3.05, 3.63) is 64.1 Å². The van der Waals surface area contributed by atoms with Crippen LogP contribution in [0.2, 0.25) is 10.0 Å². The van der Waals surface area contributed by atoms with E-state index in [0.29, 0.717) is 21.3 Å². The second-order valence-electron chi connectivity index (χ2n) is 4.43. The van der Waals surface area contributed by atoms with Crippen LogP contribution in [0.25, 0.3) is 0 Å². The van der Waals surface area contributed by atoms with Crippen LogP contribution in [0.4, 0.5) is 5.69 Å². The van der Waals surface area contributed by atoms with E-state index in [1.807, 2.05) is 6.07 Å². The molecular formula is C16H13Cl2NO2. The van der Waals surface area contributed by atoms with Gasteiger partial charge in [-0.15, -0.1) is 0 Å². The highest BCUT2D eigenvalue weighted by Crippen LogP contribution is 2.29. The number of hydrogen-bond acceptors (Lipinski definition) is 2. The van der Waals surface area contributed by atoms with Gasteiger partial charge in [0.25, 0.3) is 0 Å². The Morgan fingerprint density at radius 1 is 0.857 bits per heavy atom. The first-order valence-electron chi connectivity index (χ1n) is 6.40. The molecule has 0 aliphatic rings. The molecule has 108 valence electrons. The maximum Gasteiger partial charge on any atom is 0.224 e. The fraction of sp³-hybridized carbons (Fsp3) is 0.125. The maximum atomic E-state index is 11.9. The van der Waals surface area contributed by atoms with Crippen molar-refractivity contribution in [2.75, 3.05) is 5.32 Å². The Labute approximate surface area is 132 Å². The van der Waals surface area contributed by atoms with Crippen LogP contribution in [0.3, 0.4) is 0 Å². The molecule has 1 amide bonds. The van der Waals surface area contributed by atoms with Crippen LogP contribution < -0.4 is 5.32 Å². The Hall–Kier alpha value is -1.84. The Balaban J connectivity index is 1.92. The van der Waals surface area contributed by atoms with E-state index in [9.17, 15) is 9.59 Å². The lowest BCUT2D eigenvalue weighted by molar-refractivity contribution is -0.116. The van der Waals surface area contributed by atoms with E-state index >= 15 is 0 Å². The van der Waals surface area contributed by atoms with Crippen molar-refractivity contribution in [2.24, 2.45) is 0 Å². The normalized spacial score (nSPS) is 10.2. The topological polar surface area (TPSA) is 46.2 Å². The van der Waals surface area contributed by atoms with Crippen molar-refractivity contribution in [1.82, 2.24) is 0 Å². The molecule has 0 aliphatic carbocycles. The van der Waals surface area contributed by atoms with E-state index in [1.54, 1.807) is 42.5 Å². The number of nitrogens with one attached hydrogen (secondary N) is 1. The van der Waals surface area contributed by atoms with Crippen LogP contribution in [0.5, 0.6) is 0 Å². The van der Waals surface area contributed by atoms with Gasteiger partial charge in [-0.1, -0.05) is 59.6 Å². The number of hydrogen-bond donors (Lipinski definition) is 1. The first-order chi connectivity index (χ1) is 10.1. The molecule has 2 aromatic rings. The van der Waals surface area contributed by atoms with Crippen LogP contribution in [0.1, 0.15) is 23.2 Å². The van der Waals surface area contributed by atoms with Crippen molar-refractivity contribution in [2.45, 2.75) is 12.8 Å². The highest BCUT2D eigenvalue weighted by Gasteiger charge is 2.12. The monoisotopic (exact) mass is 321 g/mol. The molecule has 0 unspecified atom stereocenters. The lowest BCUT2D eigenvalue weighted by atomic mass is 10.1. The third-order valence-electron chi connectivity index (χ3n) is 2.90. The van der Waals surface area contributed by atoms with Gasteiger partial charge in [0.05, 0.1) is 15.7 Å². The van der Waals surface area contributed by atoms with Gasteiger partial charge in [-0.25, -0.2) is 0 Å². The summed E-state index contributed by atoms with van der Waals surface area (Å²) >= 11 is 11.9. The van der Waals surface area contributed by atoms with E-state index in [1.165, 1.54) is 0 Å². The molecule has 0 saturated heterocycles. The van der Waals surface area contributed by atoms with Crippen LogP contribution >= 0.6 is 23.2 Å². The Morgan fingerprint density at radius 3 is 2.10 bits per heavy atom. The smallest absolute Gasteiger partial charge is 0.224 e. The lowest BCUT2D eigenvalue weighted by Crippen LogP contribution is -2.14. The summed E-state index contributed by atoms with van der Waals surface area (Å²) in [6.45, 7) is 0. The third kappa shape index (κ3) is 4.31. The summed E-state index contributed by atoms with van der Waals surface area (Å²) < 4.78 is 0. The van der Waals surface area contributed by atoms with Gasteiger partial charge < -0.3 is 5.32 Å². The zero-order chi connectivity index (χ0) is 15.2. The summed E-state index contributed by atoms with van der Waals surface area (Å²) in [5, 5.41) is 3.36. The van der Waals surface area contributed by atoms with Gasteiger partial charge in [0.2, 0.25) is 5.91 Å².